The number of benzene rings is 2. The van der Waals surface area contributed by atoms with Crippen LogP contribution in [-0.4, -0.2) is 8.07 Å². The van der Waals surface area contributed by atoms with Crippen molar-refractivity contribution in [1.29, 1.82) is 0 Å². The van der Waals surface area contributed by atoms with Gasteiger partial charge in [-0.25, -0.2) is 0 Å². The van der Waals surface area contributed by atoms with Crippen molar-refractivity contribution in [2.75, 3.05) is 0 Å². The molecule has 0 fully saturated rings. The summed E-state index contributed by atoms with van der Waals surface area (Å²) in [6.07, 6.45) is 4.56. The summed E-state index contributed by atoms with van der Waals surface area (Å²) in [6, 6.07) is 22.6. The maximum Gasteiger partial charge on any atom is 0.0843 e. The Balaban J connectivity index is 2.04. The second-order valence-electron chi connectivity index (χ2n) is 5.27. The monoisotopic (exact) mass is 252 g/mol. The Morgan fingerprint density at radius 3 is 2.00 bits per heavy atom. The van der Waals surface area contributed by atoms with Crippen LogP contribution < -0.4 is 5.19 Å². The molecule has 0 saturated heterocycles. The Morgan fingerprint density at radius 1 is 0.833 bits per heavy atom. The number of hydrogen-bond acceptors (Lipinski definition) is 0. The summed E-state index contributed by atoms with van der Waals surface area (Å²) in [4.78, 5) is 0. The average molecular weight is 252 g/mol. The highest BCUT2D eigenvalue weighted by molar-refractivity contribution is 6.90. The molecule has 2 rings (SSSR count). The molecule has 92 valence electrons. The summed E-state index contributed by atoms with van der Waals surface area (Å²) < 4.78 is 0. The Bertz CT molecular complexity index is 498. The van der Waals surface area contributed by atoms with E-state index in [0.717, 1.165) is 0 Å². The van der Waals surface area contributed by atoms with E-state index in [1.54, 1.807) is 0 Å². The zero-order chi connectivity index (χ0) is 12.8. The maximum absolute atomic E-state index is 2.43. The Morgan fingerprint density at radius 2 is 1.39 bits per heavy atom. The van der Waals surface area contributed by atoms with Crippen LogP contribution in [-0.2, 0) is 0 Å². The van der Waals surface area contributed by atoms with Crippen molar-refractivity contribution in [3.8, 4) is 0 Å². The molecular formula is C17H20Si. The van der Waals surface area contributed by atoms with Crippen LogP contribution in [0.2, 0.25) is 19.1 Å². The summed E-state index contributed by atoms with van der Waals surface area (Å²) in [5.41, 5.74) is 1.29. The van der Waals surface area contributed by atoms with E-state index in [9.17, 15) is 0 Å². The fourth-order valence-electron chi connectivity index (χ4n) is 2.06. The summed E-state index contributed by atoms with van der Waals surface area (Å²) in [5.74, 6) is 0. The third kappa shape index (κ3) is 3.44. The van der Waals surface area contributed by atoms with Crippen LogP contribution >= 0.6 is 0 Å². The van der Waals surface area contributed by atoms with Gasteiger partial charge in [0, 0.05) is 0 Å². The first-order valence-corrected chi connectivity index (χ1v) is 9.66. The predicted octanol–water partition coefficient (Wildman–Crippen LogP) is 4.32. The molecule has 0 aliphatic rings. The van der Waals surface area contributed by atoms with Gasteiger partial charge < -0.3 is 0 Å². The van der Waals surface area contributed by atoms with E-state index in [1.807, 2.05) is 0 Å². The van der Waals surface area contributed by atoms with Crippen molar-refractivity contribution >= 4 is 19.3 Å². The molecule has 0 aliphatic carbocycles. The lowest BCUT2D eigenvalue weighted by Crippen LogP contribution is -2.40. The highest BCUT2D eigenvalue weighted by Crippen LogP contribution is 2.12. The molecule has 2 aromatic rings. The maximum atomic E-state index is 2.43. The SMILES string of the molecule is C[Si](C)(C/C=C/c1ccccc1)c1ccccc1. The smallest absolute Gasteiger partial charge is 0.0843 e. The van der Waals surface area contributed by atoms with Gasteiger partial charge in [0.15, 0.2) is 0 Å². The lowest BCUT2D eigenvalue weighted by Gasteiger charge is -2.20. The van der Waals surface area contributed by atoms with E-state index < -0.39 is 8.07 Å². The van der Waals surface area contributed by atoms with Crippen molar-refractivity contribution in [3.05, 3.63) is 72.3 Å². The van der Waals surface area contributed by atoms with Crippen LogP contribution in [0, 0.1) is 0 Å². The molecule has 0 heterocycles. The van der Waals surface area contributed by atoms with Gasteiger partial charge in [0.2, 0.25) is 0 Å². The van der Waals surface area contributed by atoms with E-state index in [2.05, 4.69) is 85.9 Å². The van der Waals surface area contributed by atoms with Crippen molar-refractivity contribution < 1.29 is 0 Å². The van der Waals surface area contributed by atoms with E-state index >= 15 is 0 Å². The van der Waals surface area contributed by atoms with Crippen molar-refractivity contribution in [2.24, 2.45) is 0 Å². The zero-order valence-corrected chi connectivity index (χ0v) is 12.1. The summed E-state index contributed by atoms with van der Waals surface area (Å²) in [5, 5.41) is 1.53. The van der Waals surface area contributed by atoms with Gasteiger partial charge in [0.05, 0.1) is 8.07 Å². The first kappa shape index (κ1) is 12.8. The lowest BCUT2D eigenvalue weighted by atomic mass is 10.2. The molecule has 0 bridgehead atoms. The van der Waals surface area contributed by atoms with Crippen LogP contribution in [0.15, 0.2) is 66.7 Å². The standard InChI is InChI=1S/C17H20Si/c1-18(2,17-13-7-4-8-14-17)15-9-12-16-10-5-3-6-11-16/h3-14H,15H2,1-2H3/b12-9+. The molecule has 0 radical (unpaired) electrons. The second kappa shape index (κ2) is 5.83. The highest BCUT2D eigenvalue weighted by Gasteiger charge is 2.20. The Hall–Kier alpha value is -1.60. The van der Waals surface area contributed by atoms with Gasteiger partial charge in [0.25, 0.3) is 0 Å². The van der Waals surface area contributed by atoms with Crippen molar-refractivity contribution in [2.45, 2.75) is 19.1 Å². The Kier molecular flexibility index (Phi) is 4.16. The molecule has 0 aliphatic heterocycles. The molecule has 0 unspecified atom stereocenters. The first-order chi connectivity index (χ1) is 8.68. The minimum atomic E-state index is -1.32. The molecule has 0 amide bonds. The summed E-state index contributed by atoms with van der Waals surface area (Å²) in [6.45, 7) is 4.86. The topological polar surface area (TPSA) is 0 Å². The zero-order valence-electron chi connectivity index (χ0n) is 11.1. The van der Waals surface area contributed by atoms with Gasteiger partial charge in [0.1, 0.15) is 0 Å². The second-order valence-corrected chi connectivity index (χ2v) is 10.0. The van der Waals surface area contributed by atoms with Crippen LogP contribution in [0.5, 0.6) is 0 Å². The molecule has 18 heavy (non-hydrogen) atoms. The fourth-order valence-corrected chi connectivity index (χ4v) is 4.10. The molecule has 2 aromatic carbocycles. The van der Waals surface area contributed by atoms with Crippen LogP contribution in [0.1, 0.15) is 5.56 Å². The van der Waals surface area contributed by atoms with Gasteiger partial charge in [-0.05, 0) is 11.6 Å². The van der Waals surface area contributed by atoms with Gasteiger partial charge in [-0.15, -0.1) is 0 Å². The van der Waals surface area contributed by atoms with E-state index in [1.165, 1.54) is 16.8 Å². The molecule has 1 heteroatoms. The normalized spacial score (nSPS) is 11.9. The third-order valence-corrected chi connectivity index (χ3v) is 6.45. The minimum absolute atomic E-state index is 1.19. The van der Waals surface area contributed by atoms with Gasteiger partial charge in [-0.2, -0.15) is 0 Å². The average Bonchev–Trinajstić information content (AvgIpc) is 2.41. The van der Waals surface area contributed by atoms with E-state index in [0.29, 0.717) is 0 Å². The number of hydrogen-bond donors (Lipinski definition) is 0. The molecule has 0 saturated carbocycles. The van der Waals surface area contributed by atoms with Crippen LogP contribution in [0.25, 0.3) is 6.08 Å². The third-order valence-electron chi connectivity index (χ3n) is 3.29. The van der Waals surface area contributed by atoms with Crippen molar-refractivity contribution in [3.63, 3.8) is 0 Å². The van der Waals surface area contributed by atoms with Crippen LogP contribution in [0.3, 0.4) is 0 Å². The molecule has 0 N–H and O–H groups in total. The molecule has 0 atom stereocenters. The van der Waals surface area contributed by atoms with Gasteiger partial charge in [-0.1, -0.05) is 91.1 Å². The molecule has 0 nitrogen and oxygen atoms in total. The fraction of sp³-hybridized carbons (Fsp3) is 0.176. The summed E-state index contributed by atoms with van der Waals surface area (Å²) in [7, 11) is -1.32. The van der Waals surface area contributed by atoms with Gasteiger partial charge in [-0.3, -0.25) is 0 Å². The molecule has 0 aromatic heterocycles. The predicted molar refractivity (Wildman–Crippen MR) is 83.8 cm³/mol. The van der Waals surface area contributed by atoms with Gasteiger partial charge >= 0.3 is 0 Å². The van der Waals surface area contributed by atoms with E-state index in [-0.39, 0.29) is 0 Å². The largest absolute Gasteiger partial charge is 0.0863 e. The van der Waals surface area contributed by atoms with Crippen LogP contribution in [0.4, 0.5) is 0 Å². The quantitative estimate of drug-likeness (QED) is 0.711. The number of rotatable bonds is 4. The first-order valence-electron chi connectivity index (χ1n) is 6.46. The highest BCUT2D eigenvalue weighted by atomic mass is 28.3. The molecule has 0 spiro atoms. The van der Waals surface area contributed by atoms with Crippen molar-refractivity contribution in [1.82, 2.24) is 0 Å². The molecular weight excluding hydrogens is 232 g/mol. The summed E-state index contributed by atoms with van der Waals surface area (Å²) >= 11 is 0. The lowest BCUT2D eigenvalue weighted by molar-refractivity contribution is 1.53. The van der Waals surface area contributed by atoms with E-state index in [4.69, 9.17) is 0 Å². The Labute approximate surface area is 111 Å². The number of allylic oxidation sites excluding steroid dienone is 1. The minimum Gasteiger partial charge on any atom is -0.0863 e.